The second-order valence-electron chi connectivity index (χ2n) is 41.0. The maximum Gasteiger partial charge on any atom is 0.0885 e. The normalized spacial score (nSPS) is 12.7. The molecule has 16 aromatic rings. The summed E-state index contributed by atoms with van der Waals surface area (Å²) in [7, 11) is 0. The Hall–Kier alpha value is -11.8. The lowest BCUT2D eigenvalue weighted by Crippen LogP contribution is -2.26. The van der Waals surface area contributed by atoms with Crippen molar-refractivity contribution in [3.63, 3.8) is 0 Å². The van der Waals surface area contributed by atoms with E-state index in [0.717, 1.165) is 11.3 Å². The maximum absolute atomic E-state index is 4.47. The minimum absolute atomic E-state index is 0.120. The van der Waals surface area contributed by atoms with Gasteiger partial charge in [0.05, 0.1) is 17.3 Å². The predicted octanol–water partition coefficient (Wildman–Crippen LogP) is 33.5. The van der Waals surface area contributed by atoms with Crippen LogP contribution >= 0.6 is 0 Å². The van der Waals surface area contributed by atoms with Gasteiger partial charge in [-0.1, -0.05) is 440 Å². The second-order valence-corrected chi connectivity index (χ2v) is 41.0. The number of fused-ring (bicyclic) bond motifs is 14. The monoisotopic (exact) mass is 1610 g/mol. The summed E-state index contributed by atoms with van der Waals surface area (Å²) in [5.41, 5.74) is 23.2. The first kappa shape index (κ1) is 95.7. The highest BCUT2D eigenvalue weighted by Crippen LogP contribution is 2.63. The molecule has 4 heterocycles. The van der Waals surface area contributed by atoms with Gasteiger partial charge in [-0.15, -0.1) is 0 Å². The van der Waals surface area contributed by atoms with Gasteiger partial charge in [0, 0.05) is 60.7 Å². The van der Waals surface area contributed by atoms with Crippen molar-refractivity contribution in [1.82, 2.24) is 24.9 Å². The van der Waals surface area contributed by atoms with E-state index in [1.807, 2.05) is 67.3 Å². The van der Waals surface area contributed by atoms with Crippen LogP contribution in [0.15, 0.2) is 359 Å². The first-order valence-electron chi connectivity index (χ1n) is 43.2. The van der Waals surface area contributed by atoms with Crippen LogP contribution in [-0.4, -0.2) is 24.9 Å². The molecule has 1 atom stereocenters. The molecule has 0 aliphatic heterocycles. The van der Waals surface area contributed by atoms with Crippen molar-refractivity contribution in [3.8, 4) is 44.6 Å². The predicted molar refractivity (Wildman–Crippen MR) is 533 cm³/mol. The summed E-state index contributed by atoms with van der Waals surface area (Å²) in [5.74, 6) is 0. The Bertz CT molecular complexity index is 5590. The average Bonchev–Trinajstić information content (AvgIpc) is 1.51. The third kappa shape index (κ3) is 30.1. The van der Waals surface area contributed by atoms with Crippen molar-refractivity contribution >= 4 is 43.1 Å². The minimum Gasteiger partial charge on any atom is -0.265 e. The summed E-state index contributed by atoms with van der Waals surface area (Å²) in [6.07, 6.45) is 16.3. The molecule has 0 N–H and O–H groups in total. The Balaban J connectivity index is 0.000000176. The molecule has 0 saturated heterocycles. The van der Waals surface area contributed by atoms with Crippen LogP contribution in [0.5, 0.6) is 0 Å². The Labute approximate surface area is 734 Å². The van der Waals surface area contributed by atoms with Crippen molar-refractivity contribution in [2.75, 3.05) is 0 Å². The van der Waals surface area contributed by atoms with Gasteiger partial charge in [-0.3, -0.25) is 24.9 Å². The number of rotatable bonds is 2. The molecule has 1 spiro atoms. The van der Waals surface area contributed by atoms with E-state index in [2.05, 4.69) is 466 Å². The van der Waals surface area contributed by atoms with Crippen molar-refractivity contribution in [1.29, 1.82) is 0 Å². The summed E-state index contributed by atoms with van der Waals surface area (Å²) >= 11 is 0. The van der Waals surface area contributed by atoms with Crippen LogP contribution in [-0.2, 0) is 21.7 Å². The summed E-state index contributed by atoms with van der Waals surface area (Å²) in [6, 6.07) is 107. The number of aromatic nitrogens is 5. The van der Waals surface area contributed by atoms with Gasteiger partial charge in [0.1, 0.15) is 0 Å². The molecular formula is C117H137N5. The van der Waals surface area contributed by atoms with Crippen LogP contribution in [0.4, 0.5) is 0 Å². The van der Waals surface area contributed by atoms with E-state index in [4.69, 9.17) is 0 Å². The van der Waals surface area contributed by atoms with E-state index in [0.29, 0.717) is 27.1 Å². The standard InChI is InChI=1S/C28H23N.C15H11N.C14H10N2.C14H16.C11H10.C10H14.C5H5N.4C5H12/c1-27(2,3)18-12-13-25-21(16-18)19-8-4-6-10-23(19)28(25)24-11-7-5-9-20(24)22-17-29-15-14-26(22)28;1-2-4-14-11-15(6-5-12(14)3-1)13-7-9-16-10-8-13;1-2-4-12-9-13(6-5-11(12)3-1)14-10-15-7-8-16-14;1-14(2,3)13-10-6-8-11-7-4-5-9-12(11)13;1-9-6-7-10-4-2-3-5-11(10)8-9;1-10(2,3)9-7-5-4-6-8-9;1-2-4-6-5-3-1;4*1-5(2,3)4/h4-17H,1-3H3;1-11H;1-10H;4-10H,1-3H3;2-8H,1H3;4-8H,1-3H3;1-5H;4*1-4H3. The SMILES string of the molecule is CC(C)(C)C.CC(C)(C)C.CC(C)(C)C.CC(C)(C)C.CC(C)(C)c1ccc2c(c1)-c1ccccc1C21c2ccccc2-c2cnccc21.CC(C)(C)c1cccc2ccccc12.CC(C)(C)c1ccccc1.Cc1ccc2ccccc2c1.c1ccc2cc(-c3ccncc3)ccc2c1.c1ccc2cc(-c3cnccn3)ccc2c1.c1ccncc1. The van der Waals surface area contributed by atoms with Crippen LogP contribution in [0.1, 0.15) is 218 Å². The van der Waals surface area contributed by atoms with Gasteiger partial charge >= 0.3 is 0 Å². The van der Waals surface area contributed by atoms with Crippen molar-refractivity contribution in [2.24, 2.45) is 21.7 Å². The van der Waals surface area contributed by atoms with Crippen LogP contribution < -0.4 is 0 Å². The molecule has 0 amide bonds. The summed E-state index contributed by atoms with van der Waals surface area (Å²) in [5, 5.41) is 10.4. The highest BCUT2D eigenvalue weighted by Gasteiger charge is 2.51. The van der Waals surface area contributed by atoms with Gasteiger partial charge in [-0.05, 0) is 197 Å². The van der Waals surface area contributed by atoms with Gasteiger partial charge in [-0.25, -0.2) is 0 Å². The third-order valence-electron chi connectivity index (χ3n) is 18.8. The summed E-state index contributed by atoms with van der Waals surface area (Å²) < 4.78 is 0. The minimum atomic E-state index is -0.253. The maximum atomic E-state index is 4.47. The summed E-state index contributed by atoms with van der Waals surface area (Å²) in [4.78, 5) is 20.7. The number of hydrogen-bond donors (Lipinski definition) is 0. The van der Waals surface area contributed by atoms with E-state index in [1.165, 1.54) is 121 Å². The molecule has 12 aromatic carbocycles. The molecule has 2 aliphatic rings. The second kappa shape index (κ2) is 43.1. The molecule has 1 unspecified atom stereocenters. The first-order chi connectivity index (χ1) is 57.4. The van der Waals surface area contributed by atoms with E-state index < -0.39 is 0 Å². The van der Waals surface area contributed by atoms with Crippen molar-refractivity contribution in [2.45, 2.75) is 202 Å². The van der Waals surface area contributed by atoms with Gasteiger partial charge in [0.25, 0.3) is 0 Å². The molecular weight excluding hydrogens is 1480 g/mol. The van der Waals surface area contributed by atoms with Gasteiger partial charge in [0.15, 0.2) is 0 Å². The lowest BCUT2D eigenvalue weighted by atomic mass is 9.70. The quantitative estimate of drug-likeness (QED) is 0.173. The zero-order valence-electron chi connectivity index (χ0n) is 78.3. The zero-order valence-corrected chi connectivity index (χ0v) is 78.3. The molecule has 630 valence electrons. The van der Waals surface area contributed by atoms with Gasteiger partial charge in [0.2, 0.25) is 0 Å². The Kier molecular flexibility index (Phi) is 33.8. The van der Waals surface area contributed by atoms with E-state index >= 15 is 0 Å². The number of aryl methyl sites for hydroxylation is 1. The topological polar surface area (TPSA) is 64.5 Å². The molecule has 0 fully saturated rings. The molecule has 0 bridgehead atoms. The van der Waals surface area contributed by atoms with Crippen LogP contribution in [0.2, 0.25) is 0 Å². The smallest absolute Gasteiger partial charge is 0.0885 e. The fraction of sp³-hybridized carbons (Fsp3) is 0.291. The fourth-order valence-electron chi connectivity index (χ4n) is 13.6. The van der Waals surface area contributed by atoms with Crippen LogP contribution in [0.3, 0.4) is 0 Å². The Morgan fingerprint density at radius 3 is 1.09 bits per heavy atom. The van der Waals surface area contributed by atoms with Crippen molar-refractivity contribution < 1.29 is 0 Å². The molecule has 0 saturated carbocycles. The molecule has 5 heteroatoms. The van der Waals surface area contributed by atoms with Crippen LogP contribution in [0, 0.1) is 28.6 Å². The highest BCUT2D eigenvalue weighted by molar-refractivity contribution is 5.95. The van der Waals surface area contributed by atoms with Crippen molar-refractivity contribution in [3.05, 3.63) is 404 Å². The number of hydrogen-bond acceptors (Lipinski definition) is 5. The number of nitrogens with zero attached hydrogens (tertiary/aromatic N) is 5. The van der Waals surface area contributed by atoms with E-state index in [9.17, 15) is 0 Å². The number of benzene rings is 12. The number of pyridine rings is 3. The molecule has 5 nitrogen and oxygen atoms in total. The first-order valence-corrected chi connectivity index (χ1v) is 43.2. The highest BCUT2D eigenvalue weighted by atomic mass is 14.8. The Morgan fingerprint density at radius 2 is 0.615 bits per heavy atom. The Morgan fingerprint density at radius 1 is 0.221 bits per heavy atom. The van der Waals surface area contributed by atoms with E-state index in [1.54, 1.807) is 31.0 Å². The van der Waals surface area contributed by atoms with Gasteiger partial charge < -0.3 is 0 Å². The molecule has 18 rings (SSSR count). The van der Waals surface area contributed by atoms with Gasteiger partial charge in [-0.2, -0.15) is 0 Å². The summed E-state index contributed by atoms with van der Waals surface area (Å²) in [6.45, 7) is 57.4. The fourth-order valence-corrected chi connectivity index (χ4v) is 13.6. The lowest BCUT2D eigenvalue weighted by molar-refractivity contribution is 0.469. The zero-order chi connectivity index (χ0) is 89.1. The van der Waals surface area contributed by atoms with Crippen LogP contribution in [0.25, 0.3) is 87.7 Å². The third-order valence-corrected chi connectivity index (χ3v) is 18.8. The molecule has 2 aliphatic carbocycles. The average molecular weight is 1610 g/mol. The lowest BCUT2D eigenvalue weighted by Gasteiger charge is -2.30. The van der Waals surface area contributed by atoms with E-state index in [-0.39, 0.29) is 16.2 Å². The molecule has 122 heavy (non-hydrogen) atoms. The molecule has 0 radical (unpaired) electrons. The molecule has 4 aromatic heterocycles. The largest absolute Gasteiger partial charge is 0.265 e.